The quantitative estimate of drug-likeness (QED) is 0.751. The molecule has 116 valence electrons. The molecular formula is C20H18FNO. The zero-order valence-corrected chi connectivity index (χ0v) is 12.7. The van der Waals surface area contributed by atoms with Gasteiger partial charge in [0.15, 0.2) is 0 Å². The zero-order valence-electron chi connectivity index (χ0n) is 12.7. The van der Waals surface area contributed by atoms with E-state index in [0.717, 1.165) is 16.7 Å². The molecule has 0 heterocycles. The maximum absolute atomic E-state index is 14.2. The zero-order chi connectivity index (χ0) is 16.1. The Kier molecular flexibility index (Phi) is 4.69. The molecule has 2 N–H and O–H groups in total. The second kappa shape index (κ2) is 7.07. The molecule has 0 unspecified atom stereocenters. The fraction of sp³-hybridized carbons (Fsp3) is 0.100. The molecule has 0 saturated heterocycles. The van der Waals surface area contributed by atoms with Crippen molar-refractivity contribution in [1.82, 2.24) is 0 Å². The van der Waals surface area contributed by atoms with Gasteiger partial charge in [0.25, 0.3) is 0 Å². The van der Waals surface area contributed by atoms with E-state index in [-0.39, 0.29) is 5.82 Å². The lowest BCUT2D eigenvalue weighted by molar-refractivity contribution is 0.307. The van der Waals surface area contributed by atoms with Gasteiger partial charge < -0.3 is 10.5 Å². The molecule has 0 atom stereocenters. The lowest BCUT2D eigenvalue weighted by Crippen LogP contribution is -2.00. The molecule has 0 amide bonds. The van der Waals surface area contributed by atoms with E-state index in [4.69, 9.17) is 10.5 Å². The normalized spacial score (nSPS) is 10.5. The molecule has 2 nitrogen and oxygen atoms in total. The summed E-state index contributed by atoms with van der Waals surface area (Å²) in [5.74, 6) is 0.377. The van der Waals surface area contributed by atoms with Gasteiger partial charge in [0.2, 0.25) is 0 Å². The number of halogens is 1. The smallest absolute Gasteiger partial charge is 0.131 e. The van der Waals surface area contributed by atoms with Gasteiger partial charge in [0.1, 0.15) is 18.2 Å². The summed E-state index contributed by atoms with van der Waals surface area (Å²) in [4.78, 5) is 0. The van der Waals surface area contributed by atoms with E-state index in [0.29, 0.717) is 24.5 Å². The van der Waals surface area contributed by atoms with Crippen LogP contribution in [-0.4, -0.2) is 0 Å². The largest absolute Gasteiger partial charge is 0.488 e. The van der Waals surface area contributed by atoms with Crippen LogP contribution in [-0.2, 0) is 13.2 Å². The van der Waals surface area contributed by atoms with Crippen molar-refractivity contribution < 1.29 is 9.13 Å². The van der Waals surface area contributed by atoms with E-state index in [1.807, 2.05) is 54.6 Å². The first kappa shape index (κ1) is 15.3. The monoisotopic (exact) mass is 307 g/mol. The van der Waals surface area contributed by atoms with Crippen LogP contribution in [0.1, 0.15) is 11.1 Å². The summed E-state index contributed by atoms with van der Waals surface area (Å²) in [6.07, 6.45) is 0. The Morgan fingerprint density at radius 1 is 0.783 bits per heavy atom. The molecule has 0 aliphatic heterocycles. The molecule has 0 saturated carbocycles. The maximum atomic E-state index is 14.2. The van der Waals surface area contributed by atoms with Crippen molar-refractivity contribution in [3.8, 4) is 16.9 Å². The average molecular weight is 307 g/mol. The van der Waals surface area contributed by atoms with Gasteiger partial charge in [-0.05, 0) is 29.3 Å². The molecule has 3 rings (SSSR count). The standard InChI is InChI=1S/C20H18FNO/c21-19-11-10-16(13-22)12-18(19)17-8-4-5-9-20(17)23-14-15-6-2-1-3-7-15/h1-12H,13-14,22H2. The van der Waals surface area contributed by atoms with Gasteiger partial charge in [0.05, 0.1) is 0 Å². The van der Waals surface area contributed by atoms with Crippen LogP contribution in [0.5, 0.6) is 5.75 Å². The van der Waals surface area contributed by atoms with E-state index in [2.05, 4.69) is 0 Å². The Morgan fingerprint density at radius 3 is 2.30 bits per heavy atom. The maximum Gasteiger partial charge on any atom is 0.131 e. The van der Waals surface area contributed by atoms with Crippen molar-refractivity contribution in [3.63, 3.8) is 0 Å². The highest BCUT2D eigenvalue weighted by Gasteiger charge is 2.11. The minimum absolute atomic E-state index is 0.280. The topological polar surface area (TPSA) is 35.2 Å². The molecule has 3 heteroatoms. The third-order valence-electron chi connectivity index (χ3n) is 3.68. The number of rotatable bonds is 5. The Labute approximate surface area is 135 Å². The third kappa shape index (κ3) is 3.58. The van der Waals surface area contributed by atoms with E-state index in [1.54, 1.807) is 12.1 Å². The summed E-state index contributed by atoms with van der Waals surface area (Å²) in [7, 11) is 0. The number of para-hydroxylation sites is 1. The van der Waals surface area contributed by atoms with Crippen LogP contribution in [0.3, 0.4) is 0 Å². The molecule has 23 heavy (non-hydrogen) atoms. The minimum atomic E-state index is -0.280. The molecule has 0 aliphatic carbocycles. The van der Waals surface area contributed by atoms with Gasteiger partial charge in [-0.3, -0.25) is 0 Å². The summed E-state index contributed by atoms with van der Waals surface area (Å²) in [6, 6.07) is 22.3. The fourth-order valence-corrected chi connectivity index (χ4v) is 2.46. The number of nitrogens with two attached hydrogens (primary N) is 1. The first-order valence-electron chi connectivity index (χ1n) is 7.52. The van der Waals surface area contributed by atoms with E-state index in [9.17, 15) is 4.39 Å². The number of ether oxygens (including phenoxy) is 1. The Hall–Kier alpha value is -2.65. The van der Waals surface area contributed by atoms with Crippen molar-refractivity contribution in [1.29, 1.82) is 0 Å². The van der Waals surface area contributed by atoms with Crippen LogP contribution in [0.4, 0.5) is 4.39 Å². The van der Waals surface area contributed by atoms with Gasteiger partial charge >= 0.3 is 0 Å². The second-order valence-corrected chi connectivity index (χ2v) is 5.29. The molecule has 0 fully saturated rings. The highest BCUT2D eigenvalue weighted by Crippen LogP contribution is 2.32. The van der Waals surface area contributed by atoms with Crippen LogP contribution < -0.4 is 10.5 Å². The molecule has 3 aromatic carbocycles. The Bertz CT molecular complexity index is 787. The van der Waals surface area contributed by atoms with E-state index >= 15 is 0 Å². The Morgan fingerprint density at radius 2 is 1.52 bits per heavy atom. The SMILES string of the molecule is NCc1ccc(F)c(-c2ccccc2OCc2ccccc2)c1. The van der Waals surface area contributed by atoms with Gasteiger partial charge in [-0.15, -0.1) is 0 Å². The van der Waals surface area contributed by atoms with Crippen molar-refractivity contribution in [2.24, 2.45) is 5.73 Å². The first-order chi connectivity index (χ1) is 11.3. The number of hydrogen-bond donors (Lipinski definition) is 1. The average Bonchev–Trinajstić information content (AvgIpc) is 2.62. The van der Waals surface area contributed by atoms with Gasteiger partial charge in [-0.1, -0.05) is 54.6 Å². The highest BCUT2D eigenvalue weighted by atomic mass is 19.1. The van der Waals surface area contributed by atoms with Crippen LogP contribution >= 0.6 is 0 Å². The molecule has 0 bridgehead atoms. The lowest BCUT2D eigenvalue weighted by atomic mass is 10.0. The van der Waals surface area contributed by atoms with Crippen molar-refractivity contribution in [2.75, 3.05) is 0 Å². The molecule has 0 aromatic heterocycles. The number of hydrogen-bond acceptors (Lipinski definition) is 2. The lowest BCUT2D eigenvalue weighted by Gasteiger charge is -2.13. The van der Waals surface area contributed by atoms with Gasteiger partial charge in [-0.2, -0.15) is 0 Å². The molecule has 0 radical (unpaired) electrons. The van der Waals surface area contributed by atoms with Gasteiger partial charge in [-0.25, -0.2) is 4.39 Å². The highest BCUT2D eigenvalue weighted by molar-refractivity contribution is 5.71. The third-order valence-corrected chi connectivity index (χ3v) is 3.68. The Balaban J connectivity index is 1.92. The molecule has 0 aliphatic rings. The first-order valence-corrected chi connectivity index (χ1v) is 7.52. The molecule has 3 aromatic rings. The van der Waals surface area contributed by atoms with Crippen LogP contribution in [0.25, 0.3) is 11.1 Å². The van der Waals surface area contributed by atoms with E-state index < -0.39 is 0 Å². The fourth-order valence-electron chi connectivity index (χ4n) is 2.46. The number of benzene rings is 3. The van der Waals surface area contributed by atoms with Crippen LogP contribution in [0.2, 0.25) is 0 Å². The van der Waals surface area contributed by atoms with E-state index in [1.165, 1.54) is 6.07 Å². The summed E-state index contributed by atoms with van der Waals surface area (Å²) < 4.78 is 20.1. The van der Waals surface area contributed by atoms with Crippen molar-refractivity contribution in [3.05, 3.63) is 89.7 Å². The minimum Gasteiger partial charge on any atom is -0.488 e. The second-order valence-electron chi connectivity index (χ2n) is 5.29. The summed E-state index contributed by atoms with van der Waals surface area (Å²) in [5.41, 5.74) is 8.87. The van der Waals surface area contributed by atoms with Crippen LogP contribution in [0.15, 0.2) is 72.8 Å². The van der Waals surface area contributed by atoms with Crippen molar-refractivity contribution in [2.45, 2.75) is 13.2 Å². The predicted octanol–water partition coefficient (Wildman–Crippen LogP) is 4.53. The summed E-state index contributed by atoms with van der Waals surface area (Å²) in [5, 5.41) is 0. The summed E-state index contributed by atoms with van der Waals surface area (Å²) in [6.45, 7) is 0.816. The van der Waals surface area contributed by atoms with Crippen molar-refractivity contribution >= 4 is 0 Å². The van der Waals surface area contributed by atoms with Gasteiger partial charge in [0, 0.05) is 17.7 Å². The molecule has 0 spiro atoms. The predicted molar refractivity (Wildman–Crippen MR) is 90.5 cm³/mol. The molecular weight excluding hydrogens is 289 g/mol. The van der Waals surface area contributed by atoms with Crippen LogP contribution in [0, 0.1) is 5.82 Å². The summed E-state index contributed by atoms with van der Waals surface area (Å²) >= 11 is 0.